The van der Waals surface area contributed by atoms with E-state index >= 15 is 0 Å². The topological polar surface area (TPSA) is 91.0 Å². The second-order valence-electron chi connectivity index (χ2n) is 9.55. The Morgan fingerprint density at radius 1 is 1.06 bits per heavy atom. The molecule has 2 aromatic rings. The molecule has 0 radical (unpaired) electrons. The smallest absolute Gasteiger partial charge is 0.325 e. The summed E-state index contributed by atoms with van der Waals surface area (Å²) in [6.45, 7) is 5.38. The van der Waals surface area contributed by atoms with E-state index in [9.17, 15) is 14.4 Å². The molecule has 4 rings (SSSR count). The van der Waals surface area contributed by atoms with Crippen LogP contribution in [0.2, 0.25) is 0 Å². The van der Waals surface area contributed by atoms with E-state index < -0.39 is 23.5 Å². The number of methoxy groups -OCH3 is 1. The van der Waals surface area contributed by atoms with E-state index in [-0.39, 0.29) is 5.91 Å². The third-order valence-electron chi connectivity index (χ3n) is 6.99. The lowest BCUT2D eigenvalue weighted by molar-refractivity contribution is -0.136. The molecule has 2 aliphatic heterocycles. The first-order valence-corrected chi connectivity index (χ1v) is 12.3. The molecular weight excluding hydrogens is 444 g/mol. The van der Waals surface area contributed by atoms with Gasteiger partial charge in [0.05, 0.1) is 7.11 Å². The molecule has 0 aromatic heterocycles. The summed E-state index contributed by atoms with van der Waals surface area (Å²) in [7, 11) is 1.61. The number of carbonyl (C=O) groups excluding carboxylic acids is 3. The molecule has 2 heterocycles. The second kappa shape index (κ2) is 10.4. The molecule has 0 saturated carbocycles. The highest BCUT2D eigenvalue weighted by molar-refractivity contribution is 6.11. The summed E-state index contributed by atoms with van der Waals surface area (Å²) in [6, 6.07) is 13.8. The Bertz CT molecular complexity index is 1060. The quantitative estimate of drug-likeness (QED) is 0.561. The average molecular weight is 479 g/mol. The van der Waals surface area contributed by atoms with E-state index in [2.05, 4.69) is 15.5 Å². The Morgan fingerprint density at radius 3 is 2.34 bits per heavy atom. The standard InChI is InChI=1S/C27H34N4O4/c1-19(24(32)28-21-9-11-22(12-10-21)30-17-5-4-6-18-30)31-25(33)27(2,29-26(31)34)16-15-20-7-13-23(35-3)14-8-20/h7-14,19H,4-6,15-18H2,1-3H3,(H,28,32)(H,29,34)/t19-,27+/m0/s1. The van der Waals surface area contributed by atoms with Crippen molar-refractivity contribution in [2.45, 2.75) is 57.5 Å². The fourth-order valence-corrected chi connectivity index (χ4v) is 4.69. The molecule has 0 unspecified atom stereocenters. The van der Waals surface area contributed by atoms with Crippen LogP contribution in [0.15, 0.2) is 48.5 Å². The summed E-state index contributed by atoms with van der Waals surface area (Å²) >= 11 is 0. The zero-order valence-corrected chi connectivity index (χ0v) is 20.7. The lowest BCUT2D eigenvalue weighted by Crippen LogP contribution is -2.48. The molecule has 0 spiro atoms. The third-order valence-corrected chi connectivity index (χ3v) is 6.99. The van der Waals surface area contributed by atoms with Crippen molar-refractivity contribution in [2.75, 3.05) is 30.4 Å². The van der Waals surface area contributed by atoms with Crippen molar-refractivity contribution in [3.05, 3.63) is 54.1 Å². The molecule has 2 aliphatic rings. The van der Waals surface area contributed by atoms with Crippen molar-refractivity contribution in [1.82, 2.24) is 10.2 Å². The number of aryl methyl sites for hydroxylation is 1. The molecule has 8 nitrogen and oxygen atoms in total. The van der Waals surface area contributed by atoms with Crippen LogP contribution >= 0.6 is 0 Å². The second-order valence-corrected chi connectivity index (χ2v) is 9.55. The number of urea groups is 1. The van der Waals surface area contributed by atoms with Gasteiger partial charge in [0.25, 0.3) is 5.91 Å². The molecule has 35 heavy (non-hydrogen) atoms. The van der Waals surface area contributed by atoms with Gasteiger partial charge in [-0.3, -0.25) is 9.59 Å². The van der Waals surface area contributed by atoms with Gasteiger partial charge in [-0.25, -0.2) is 9.69 Å². The van der Waals surface area contributed by atoms with Gasteiger partial charge in [-0.2, -0.15) is 0 Å². The maximum Gasteiger partial charge on any atom is 0.325 e. The number of nitrogens with zero attached hydrogens (tertiary/aromatic N) is 2. The monoisotopic (exact) mass is 478 g/mol. The zero-order chi connectivity index (χ0) is 25.0. The van der Waals surface area contributed by atoms with E-state index in [1.807, 2.05) is 48.5 Å². The van der Waals surface area contributed by atoms with E-state index in [1.165, 1.54) is 19.3 Å². The zero-order valence-electron chi connectivity index (χ0n) is 20.7. The molecule has 4 amide bonds. The van der Waals surface area contributed by atoms with Crippen LogP contribution in [0.1, 0.15) is 45.1 Å². The highest BCUT2D eigenvalue weighted by atomic mass is 16.5. The number of carbonyl (C=O) groups is 3. The Labute approximate surface area is 206 Å². The van der Waals surface area contributed by atoms with Gasteiger partial charge in [0.15, 0.2) is 0 Å². The molecule has 2 saturated heterocycles. The van der Waals surface area contributed by atoms with Gasteiger partial charge >= 0.3 is 6.03 Å². The van der Waals surface area contributed by atoms with Crippen molar-refractivity contribution in [1.29, 1.82) is 0 Å². The number of hydrogen-bond acceptors (Lipinski definition) is 5. The molecule has 2 fully saturated rings. The lowest BCUT2D eigenvalue weighted by atomic mass is 9.93. The first-order valence-electron chi connectivity index (χ1n) is 12.3. The third kappa shape index (κ3) is 5.42. The number of nitrogens with one attached hydrogen (secondary N) is 2. The predicted molar refractivity (Wildman–Crippen MR) is 136 cm³/mol. The average Bonchev–Trinajstić information content (AvgIpc) is 3.11. The molecule has 0 bridgehead atoms. The van der Waals surface area contributed by atoms with Crippen molar-refractivity contribution in [3.8, 4) is 5.75 Å². The van der Waals surface area contributed by atoms with Crippen LogP contribution in [-0.4, -0.2) is 54.5 Å². The van der Waals surface area contributed by atoms with Crippen LogP contribution in [0.25, 0.3) is 0 Å². The van der Waals surface area contributed by atoms with Crippen molar-refractivity contribution in [2.24, 2.45) is 0 Å². The minimum absolute atomic E-state index is 0.390. The molecule has 8 heteroatoms. The summed E-state index contributed by atoms with van der Waals surface area (Å²) < 4.78 is 5.18. The largest absolute Gasteiger partial charge is 0.497 e. The van der Waals surface area contributed by atoms with Gasteiger partial charge in [0, 0.05) is 24.5 Å². The van der Waals surface area contributed by atoms with Gasteiger partial charge in [0.1, 0.15) is 17.3 Å². The SMILES string of the molecule is COc1ccc(CC[C@@]2(C)NC(=O)N([C@@H](C)C(=O)Nc3ccc(N4CCCCC4)cc3)C2=O)cc1. The molecule has 2 aromatic carbocycles. The number of anilines is 2. The van der Waals surface area contributed by atoms with Crippen LogP contribution in [0.3, 0.4) is 0 Å². The number of ether oxygens (including phenoxy) is 1. The summed E-state index contributed by atoms with van der Waals surface area (Å²) in [5, 5.41) is 5.64. The van der Waals surface area contributed by atoms with Gasteiger partial charge in [-0.05, 0) is 87.9 Å². The Hall–Kier alpha value is -3.55. The van der Waals surface area contributed by atoms with Crippen molar-refractivity contribution < 1.29 is 19.1 Å². The summed E-state index contributed by atoms with van der Waals surface area (Å²) in [4.78, 5) is 42.2. The van der Waals surface area contributed by atoms with E-state index in [4.69, 9.17) is 4.74 Å². The van der Waals surface area contributed by atoms with E-state index in [0.717, 1.165) is 35.0 Å². The maximum atomic E-state index is 13.2. The predicted octanol–water partition coefficient (Wildman–Crippen LogP) is 3.96. The van der Waals surface area contributed by atoms with Gasteiger partial charge in [-0.15, -0.1) is 0 Å². The molecule has 0 aliphatic carbocycles. The summed E-state index contributed by atoms with van der Waals surface area (Å²) in [6.07, 6.45) is 4.69. The van der Waals surface area contributed by atoms with Crippen molar-refractivity contribution >= 4 is 29.2 Å². The van der Waals surface area contributed by atoms with Crippen LogP contribution in [0, 0.1) is 0 Å². The van der Waals surface area contributed by atoms with E-state index in [0.29, 0.717) is 18.5 Å². The van der Waals surface area contributed by atoms with Gasteiger partial charge < -0.3 is 20.3 Å². The molecule has 2 N–H and O–H groups in total. The Kier molecular flexibility index (Phi) is 7.28. The van der Waals surface area contributed by atoms with Crippen LogP contribution in [0.4, 0.5) is 16.2 Å². The molecular formula is C27H34N4O4. The van der Waals surface area contributed by atoms with Crippen LogP contribution < -0.4 is 20.3 Å². The van der Waals surface area contributed by atoms with Crippen LogP contribution in [-0.2, 0) is 16.0 Å². The number of benzene rings is 2. The highest BCUT2D eigenvalue weighted by Crippen LogP contribution is 2.27. The van der Waals surface area contributed by atoms with Crippen LogP contribution in [0.5, 0.6) is 5.75 Å². The Balaban J connectivity index is 1.36. The number of piperidine rings is 1. The molecule has 2 atom stereocenters. The first kappa shape index (κ1) is 24.6. The maximum absolute atomic E-state index is 13.2. The first-order chi connectivity index (χ1) is 16.8. The Morgan fingerprint density at radius 2 is 1.71 bits per heavy atom. The fourth-order valence-electron chi connectivity index (χ4n) is 4.69. The lowest BCUT2D eigenvalue weighted by Gasteiger charge is -2.29. The van der Waals surface area contributed by atoms with E-state index in [1.54, 1.807) is 21.0 Å². The summed E-state index contributed by atoms with van der Waals surface area (Å²) in [5.74, 6) is -0.0323. The fraction of sp³-hybridized carbons (Fsp3) is 0.444. The highest BCUT2D eigenvalue weighted by Gasteiger charge is 2.50. The number of hydrogen-bond donors (Lipinski definition) is 2. The van der Waals surface area contributed by atoms with Gasteiger partial charge in [-0.1, -0.05) is 12.1 Å². The van der Waals surface area contributed by atoms with Gasteiger partial charge in [0.2, 0.25) is 5.91 Å². The molecule has 186 valence electrons. The van der Waals surface area contributed by atoms with Crippen molar-refractivity contribution in [3.63, 3.8) is 0 Å². The minimum atomic E-state index is -1.07. The number of amides is 4. The number of rotatable bonds is 8. The number of imide groups is 1. The summed E-state index contributed by atoms with van der Waals surface area (Å²) in [5.41, 5.74) is 1.74. The minimum Gasteiger partial charge on any atom is -0.497 e. The normalized spacial score (nSPS) is 21.0.